The van der Waals surface area contributed by atoms with E-state index in [1.165, 1.54) is 30.6 Å². The van der Waals surface area contributed by atoms with E-state index in [0.29, 0.717) is 5.82 Å². The molecule has 2 aromatic carbocycles. The first-order valence-corrected chi connectivity index (χ1v) is 8.38. The number of nitrogens with one attached hydrogen (secondary N) is 2. The van der Waals surface area contributed by atoms with E-state index in [0.717, 1.165) is 22.9 Å². The maximum atomic E-state index is 13.0. The van der Waals surface area contributed by atoms with Gasteiger partial charge in [-0.25, -0.2) is 9.97 Å². The first-order valence-electron chi connectivity index (χ1n) is 8.38. The van der Waals surface area contributed by atoms with Crippen LogP contribution in [0.3, 0.4) is 0 Å². The lowest BCUT2D eigenvalue weighted by atomic mass is 10.1. The molecule has 0 saturated heterocycles. The molecule has 1 aromatic heterocycles. The zero-order valence-electron chi connectivity index (χ0n) is 15.1. The van der Waals surface area contributed by atoms with Crippen LogP contribution < -0.4 is 10.6 Å². The molecule has 0 bridgehead atoms. The summed E-state index contributed by atoms with van der Waals surface area (Å²) in [5, 5.41) is 5.34. The third-order valence-corrected chi connectivity index (χ3v) is 4.23. The van der Waals surface area contributed by atoms with Gasteiger partial charge in [-0.15, -0.1) is 0 Å². The van der Waals surface area contributed by atoms with Gasteiger partial charge in [0.05, 0.1) is 23.6 Å². The number of aromatic nitrogens is 2. The topological polar surface area (TPSA) is 66.9 Å². The Morgan fingerprint density at radius 2 is 1.64 bits per heavy atom. The molecule has 0 spiro atoms. The van der Waals surface area contributed by atoms with Crippen molar-refractivity contribution in [3.8, 4) is 0 Å². The van der Waals surface area contributed by atoms with Crippen LogP contribution in [0.4, 0.5) is 30.4 Å². The largest absolute Gasteiger partial charge is 0.418 e. The number of nitrogens with zero attached hydrogens (tertiary/aromatic N) is 2. The van der Waals surface area contributed by atoms with Crippen molar-refractivity contribution in [2.24, 2.45) is 0 Å². The van der Waals surface area contributed by atoms with Crippen LogP contribution in [0.2, 0.25) is 0 Å². The number of alkyl halides is 3. The van der Waals surface area contributed by atoms with E-state index in [9.17, 15) is 18.0 Å². The summed E-state index contributed by atoms with van der Waals surface area (Å²) in [5.74, 6) is -0.358. The highest BCUT2D eigenvalue weighted by atomic mass is 19.4. The third-order valence-electron chi connectivity index (χ3n) is 4.23. The van der Waals surface area contributed by atoms with Crippen LogP contribution in [-0.2, 0) is 6.18 Å². The molecule has 144 valence electrons. The van der Waals surface area contributed by atoms with Crippen LogP contribution in [0, 0.1) is 13.8 Å². The second-order valence-electron chi connectivity index (χ2n) is 6.16. The van der Waals surface area contributed by atoms with E-state index in [1.54, 1.807) is 0 Å². The average Bonchev–Trinajstić information content (AvgIpc) is 2.65. The number of carbonyl (C=O) groups excluding carboxylic acids is 1. The summed E-state index contributed by atoms with van der Waals surface area (Å²) in [6, 6.07) is 10.5. The number of para-hydroxylation sites is 1. The van der Waals surface area contributed by atoms with Gasteiger partial charge in [-0.2, -0.15) is 13.2 Å². The maximum absolute atomic E-state index is 13.0. The lowest BCUT2D eigenvalue weighted by molar-refractivity contribution is -0.136. The van der Waals surface area contributed by atoms with Gasteiger partial charge in [0.15, 0.2) is 0 Å². The number of anilines is 3. The molecule has 1 amide bonds. The molecule has 28 heavy (non-hydrogen) atoms. The molecule has 2 N–H and O–H groups in total. The molecule has 0 atom stereocenters. The van der Waals surface area contributed by atoms with E-state index < -0.39 is 17.6 Å². The highest BCUT2D eigenvalue weighted by molar-refractivity contribution is 6.03. The first kappa shape index (κ1) is 19.3. The first-order chi connectivity index (χ1) is 13.3. The minimum atomic E-state index is -4.57. The van der Waals surface area contributed by atoms with Crippen LogP contribution in [0.5, 0.6) is 0 Å². The summed E-state index contributed by atoms with van der Waals surface area (Å²) >= 11 is 0. The van der Waals surface area contributed by atoms with Gasteiger partial charge in [0.1, 0.15) is 11.5 Å². The summed E-state index contributed by atoms with van der Waals surface area (Å²) < 4.78 is 39.1. The van der Waals surface area contributed by atoms with Crippen LogP contribution >= 0.6 is 0 Å². The Bertz CT molecular complexity index is 1000. The van der Waals surface area contributed by atoms with Gasteiger partial charge in [0, 0.05) is 5.69 Å². The number of benzene rings is 2. The molecule has 0 radical (unpaired) electrons. The molecular formula is C20H17F3N4O. The highest BCUT2D eigenvalue weighted by Crippen LogP contribution is 2.34. The molecule has 0 saturated carbocycles. The fourth-order valence-corrected chi connectivity index (χ4v) is 2.56. The Balaban J connectivity index is 1.75. The van der Waals surface area contributed by atoms with Crippen molar-refractivity contribution in [2.45, 2.75) is 20.0 Å². The van der Waals surface area contributed by atoms with Gasteiger partial charge >= 0.3 is 6.18 Å². The van der Waals surface area contributed by atoms with Crippen molar-refractivity contribution >= 4 is 23.1 Å². The van der Waals surface area contributed by atoms with Gasteiger partial charge in [-0.1, -0.05) is 24.3 Å². The van der Waals surface area contributed by atoms with Gasteiger partial charge in [-0.3, -0.25) is 4.79 Å². The molecule has 3 aromatic rings. The predicted molar refractivity (Wildman–Crippen MR) is 101 cm³/mol. The monoisotopic (exact) mass is 386 g/mol. The summed E-state index contributed by atoms with van der Waals surface area (Å²) in [6.45, 7) is 3.95. The molecule has 0 fully saturated rings. The van der Waals surface area contributed by atoms with Crippen molar-refractivity contribution in [2.75, 3.05) is 10.6 Å². The SMILES string of the molecule is Cc1cccc(Nc2cnc(C(=O)Nc3ccccc3C(F)(F)F)cn2)c1C. The Kier molecular flexibility index (Phi) is 5.30. The van der Waals surface area contributed by atoms with Gasteiger partial charge in [-0.05, 0) is 43.2 Å². The predicted octanol–water partition coefficient (Wildman–Crippen LogP) is 5.11. The Morgan fingerprint density at radius 3 is 2.32 bits per heavy atom. The minimum Gasteiger partial charge on any atom is -0.339 e. The van der Waals surface area contributed by atoms with Gasteiger partial charge in [0.2, 0.25) is 0 Å². The number of aryl methyl sites for hydroxylation is 1. The van der Waals surface area contributed by atoms with Crippen molar-refractivity contribution in [3.05, 3.63) is 77.2 Å². The zero-order chi connectivity index (χ0) is 20.3. The summed E-state index contributed by atoms with van der Waals surface area (Å²) in [6.07, 6.45) is -2.01. The number of halogens is 3. The zero-order valence-corrected chi connectivity index (χ0v) is 15.1. The molecular weight excluding hydrogens is 369 g/mol. The van der Waals surface area contributed by atoms with E-state index in [1.807, 2.05) is 32.0 Å². The van der Waals surface area contributed by atoms with E-state index >= 15 is 0 Å². The van der Waals surface area contributed by atoms with Crippen molar-refractivity contribution < 1.29 is 18.0 Å². The molecule has 0 aliphatic heterocycles. The number of hydrogen-bond donors (Lipinski definition) is 2. The van der Waals surface area contributed by atoms with Crippen LogP contribution in [0.1, 0.15) is 27.2 Å². The average molecular weight is 386 g/mol. The highest BCUT2D eigenvalue weighted by Gasteiger charge is 2.33. The van der Waals surface area contributed by atoms with Crippen LogP contribution in [0.25, 0.3) is 0 Å². The molecule has 1 heterocycles. The van der Waals surface area contributed by atoms with Crippen molar-refractivity contribution in [3.63, 3.8) is 0 Å². The lowest BCUT2D eigenvalue weighted by Crippen LogP contribution is -2.18. The van der Waals surface area contributed by atoms with E-state index in [-0.39, 0.29) is 11.4 Å². The Labute approximate surface area is 159 Å². The summed E-state index contributed by atoms with van der Waals surface area (Å²) in [7, 11) is 0. The van der Waals surface area contributed by atoms with E-state index in [2.05, 4.69) is 20.6 Å². The van der Waals surface area contributed by atoms with Crippen molar-refractivity contribution in [1.82, 2.24) is 9.97 Å². The maximum Gasteiger partial charge on any atom is 0.418 e. The van der Waals surface area contributed by atoms with Gasteiger partial charge in [0.25, 0.3) is 5.91 Å². The van der Waals surface area contributed by atoms with Crippen LogP contribution in [-0.4, -0.2) is 15.9 Å². The quantitative estimate of drug-likeness (QED) is 0.654. The smallest absolute Gasteiger partial charge is 0.339 e. The normalized spacial score (nSPS) is 11.2. The molecule has 0 aliphatic rings. The second kappa shape index (κ2) is 7.67. The number of carbonyl (C=O) groups is 1. The van der Waals surface area contributed by atoms with Crippen LogP contribution in [0.15, 0.2) is 54.9 Å². The number of hydrogen-bond acceptors (Lipinski definition) is 4. The molecule has 3 rings (SSSR count). The minimum absolute atomic E-state index is 0.0940. The number of amides is 1. The Morgan fingerprint density at radius 1 is 0.929 bits per heavy atom. The Hall–Kier alpha value is -3.42. The lowest BCUT2D eigenvalue weighted by Gasteiger charge is -2.13. The fraction of sp³-hybridized carbons (Fsp3) is 0.150. The number of rotatable bonds is 4. The summed E-state index contributed by atoms with van der Waals surface area (Å²) in [5.41, 5.74) is 1.66. The third kappa shape index (κ3) is 4.28. The van der Waals surface area contributed by atoms with E-state index in [4.69, 9.17) is 0 Å². The molecule has 0 unspecified atom stereocenters. The summed E-state index contributed by atoms with van der Waals surface area (Å²) in [4.78, 5) is 20.4. The van der Waals surface area contributed by atoms with Crippen molar-refractivity contribution in [1.29, 1.82) is 0 Å². The standard InChI is InChI=1S/C20H17F3N4O/c1-12-6-5-9-15(13(12)2)26-18-11-24-17(10-25-18)19(28)27-16-8-4-3-7-14(16)20(21,22)23/h3-11H,1-2H3,(H,25,26)(H,27,28). The molecule has 5 nitrogen and oxygen atoms in total. The van der Waals surface area contributed by atoms with Gasteiger partial charge < -0.3 is 10.6 Å². The molecule has 8 heteroatoms. The fourth-order valence-electron chi connectivity index (χ4n) is 2.56. The molecule has 0 aliphatic carbocycles. The second-order valence-corrected chi connectivity index (χ2v) is 6.16.